The Labute approximate surface area is 198 Å². The van der Waals surface area contributed by atoms with Gasteiger partial charge < -0.3 is 5.11 Å². The van der Waals surface area contributed by atoms with E-state index in [1.54, 1.807) is 0 Å². The van der Waals surface area contributed by atoms with E-state index < -0.39 is 0 Å². The number of aliphatic hydroxyl groups excluding tert-OH is 1. The van der Waals surface area contributed by atoms with Gasteiger partial charge in [-0.05, 0) is 97.2 Å². The number of carbonyl (C=O) groups is 2. The average Bonchev–Trinajstić information content (AvgIpc) is 3.26. The maximum atomic E-state index is 12.2. The fourth-order valence-corrected chi connectivity index (χ4v) is 11.0. The fourth-order valence-electron chi connectivity index (χ4n) is 10.1. The van der Waals surface area contributed by atoms with E-state index in [4.69, 9.17) is 0 Å². The molecular formula is C27H43NO3S. The van der Waals surface area contributed by atoms with Crippen LogP contribution in [0.2, 0.25) is 0 Å². The van der Waals surface area contributed by atoms with E-state index in [9.17, 15) is 14.7 Å². The Bertz CT molecular complexity index is 772. The van der Waals surface area contributed by atoms with Crippen LogP contribution in [0.5, 0.6) is 0 Å². The highest BCUT2D eigenvalue weighted by Gasteiger charge is 2.64. The molecule has 5 rings (SSSR count). The number of rotatable bonds is 4. The summed E-state index contributed by atoms with van der Waals surface area (Å²) in [7, 11) is 0. The standard InChI is InChI=1S/C27H43NO3S/c1-5-16-18-8-6-7-12-26(18,3)20-11-13-27(4)17(9-10-19(27)22(20)23(16)29)15(2)14-21-24(30)28-25(31)32-21/h15-23,29H,5-14H2,1-4H3,(H,28,30,31)/t15-,16-,17?,18+,19?,20?,21?,22?,23-,26+,27-/m1/s1. The average molecular weight is 462 g/mol. The molecule has 5 unspecified atom stereocenters. The van der Waals surface area contributed by atoms with E-state index in [2.05, 4.69) is 33.0 Å². The number of fused-ring (bicyclic) bond motifs is 5. The molecule has 0 bridgehead atoms. The zero-order valence-electron chi connectivity index (χ0n) is 20.4. The highest BCUT2D eigenvalue weighted by atomic mass is 32.2. The van der Waals surface area contributed by atoms with Gasteiger partial charge in [-0.3, -0.25) is 14.9 Å². The van der Waals surface area contributed by atoms with Crippen LogP contribution in [-0.4, -0.2) is 27.6 Å². The van der Waals surface area contributed by atoms with E-state index in [0.717, 1.165) is 12.8 Å². The summed E-state index contributed by atoms with van der Waals surface area (Å²) in [6, 6.07) is 0. The van der Waals surface area contributed by atoms with E-state index in [-0.39, 0.29) is 27.9 Å². The van der Waals surface area contributed by atoms with E-state index in [1.807, 2.05) is 0 Å². The van der Waals surface area contributed by atoms with Gasteiger partial charge in [0.15, 0.2) is 0 Å². The zero-order chi connectivity index (χ0) is 22.8. The van der Waals surface area contributed by atoms with Crippen LogP contribution >= 0.6 is 11.8 Å². The van der Waals surface area contributed by atoms with Crippen LogP contribution in [0, 0.1) is 52.3 Å². The van der Waals surface area contributed by atoms with Crippen molar-refractivity contribution in [1.82, 2.24) is 5.32 Å². The molecule has 0 aromatic carbocycles. The predicted molar refractivity (Wildman–Crippen MR) is 129 cm³/mol. The number of thioether (sulfide) groups is 1. The first-order valence-corrected chi connectivity index (χ1v) is 14.3. The zero-order valence-corrected chi connectivity index (χ0v) is 21.3. The molecule has 2 N–H and O–H groups in total. The van der Waals surface area contributed by atoms with Crippen LogP contribution < -0.4 is 5.32 Å². The molecule has 0 radical (unpaired) electrons. The minimum absolute atomic E-state index is 0.0972. The Hall–Kier alpha value is -0.550. The number of carbonyl (C=O) groups excluding carboxylic acids is 2. The third-order valence-electron chi connectivity index (χ3n) is 11.4. The van der Waals surface area contributed by atoms with Crippen molar-refractivity contribution in [2.75, 3.05) is 0 Å². The first kappa shape index (κ1) is 23.2. The molecule has 1 heterocycles. The molecule has 0 aromatic rings. The third kappa shape index (κ3) is 3.34. The SMILES string of the molecule is CC[C@H]1[C@@H](O)C2C3CCC([C@H](C)CC4SC(=O)NC4=O)[C@@]3(C)CCC2[C@@]2(C)CCCC[C@@H]12. The van der Waals surface area contributed by atoms with Gasteiger partial charge in [0, 0.05) is 0 Å². The van der Waals surface area contributed by atoms with E-state index in [1.165, 1.54) is 63.1 Å². The molecule has 11 atom stereocenters. The molecule has 4 nitrogen and oxygen atoms in total. The normalized spacial score (nSPS) is 51.5. The summed E-state index contributed by atoms with van der Waals surface area (Å²) in [4.78, 5) is 23.8. The molecule has 180 valence electrons. The topological polar surface area (TPSA) is 66.4 Å². The van der Waals surface area contributed by atoms with Crippen molar-refractivity contribution < 1.29 is 14.7 Å². The minimum atomic E-state index is -0.219. The number of hydrogen-bond donors (Lipinski definition) is 2. The van der Waals surface area contributed by atoms with Gasteiger partial charge >= 0.3 is 0 Å². The van der Waals surface area contributed by atoms with Crippen molar-refractivity contribution in [1.29, 1.82) is 0 Å². The van der Waals surface area contributed by atoms with Crippen LogP contribution in [0.1, 0.15) is 91.9 Å². The minimum Gasteiger partial charge on any atom is -0.393 e. The monoisotopic (exact) mass is 461 g/mol. The van der Waals surface area contributed by atoms with Crippen molar-refractivity contribution in [3.8, 4) is 0 Å². The van der Waals surface area contributed by atoms with Gasteiger partial charge in [0.05, 0.1) is 11.4 Å². The Morgan fingerprint density at radius 3 is 2.47 bits per heavy atom. The van der Waals surface area contributed by atoms with Gasteiger partial charge in [-0.15, -0.1) is 0 Å². The molecule has 2 amide bonds. The second kappa shape index (κ2) is 8.29. The first-order chi connectivity index (χ1) is 15.2. The van der Waals surface area contributed by atoms with Crippen LogP contribution in [0.4, 0.5) is 4.79 Å². The van der Waals surface area contributed by atoms with Crippen molar-refractivity contribution in [3.63, 3.8) is 0 Å². The lowest BCUT2D eigenvalue weighted by Crippen LogP contribution is -2.61. The predicted octanol–water partition coefficient (Wildman–Crippen LogP) is 6.02. The first-order valence-electron chi connectivity index (χ1n) is 13.4. The van der Waals surface area contributed by atoms with Crippen LogP contribution in [0.3, 0.4) is 0 Å². The largest absolute Gasteiger partial charge is 0.393 e. The summed E-state index contributed by atoms with van der Waals surface area (Å²) >= 11 is 1.18. The number of aliphatic hydroxyl groups is 1. The molecule has 5 heteroatoms. The van der Waals surface area contributed by atoms with Gasteiger partial charge in [-0.1, -0.05) is 58.7 Å². The number of imide groups is 1. The van der Waals surface area contributed by atoms with Gasteiger partial charge in [0.25, 0.3) is 5.24 Å². The summed E-state index contributed by atoms with van der Waals surface area (Å²) in [5.41, 5.74) is 0.661. The Morgan fingerprint density at radius 2 is 1.78 bits per heavy atom. The van der Waals surface area contributed by atoms with E-state index >= 15 is 0 Å². The van der Waals surface area contributed by atoms with E-state index in [0.29, 0.717) is 46.8 Å². The summed E-state index contributed by atoms with van der Waals surface area (Å²) in [5.74, 6) is 3.80. The van der Waals surface area contributed by atoms with Gasteiger partial charge in [0.1, 0.15) is 0 Å². The lowest BCUT2D eigenvalue weighted by atomic mass is 9.41. The Morgan fingerprint density at radius 1 is 1.03 bits per heavy atom. The second-order valence-electron chi connectivity index (χ2n) is 12.5. The summed E-state index contributed by atoms with van der Waals surface area (Å²) < 4.78 is 0. The van der Waals surface area contributed by atoms with Gasteiger partial charge in [-0.2, -0.15) is 0 Å². The molecule has 5 fully saturated rings. The molecule has 32 heavy (non-hydrogen) atoms. The number of nitrogens with one attached hydrogen (secondary N) is 1. The summed E-state index contributed by atoms with van der Waals surface area (Å²) in [6.07, 6.45) is 12.1. The van der Waals surface area contributed by atoms with Gasteiger partial charge in [-0.25, -0.2) is 0 Å². The Balaban J connectivity index is 1.39. The molecule has 1 aliphatic heterocycles. The molecule has 4 saturated carbocycles. The maximum absolute atomic E-state index is 12.2. The molecule has 4 aliphatic carbocycles. The fraction of sp³-hybridized carbons (Fsp3) is 0.926. The highest BCUT2D eigenvalue weighted by Crippen LogP contribution is 2.69. The Kier molecular flexibility index (Phi) is 6.01. The molecule has 1 saturated heterocycles. The van der Waals surface area contributed by atoms with Crippen molar-refractivity contribution in [3.05, 3.63) is 0 Å². The van der Waals surface area contributed by atoms with Crippen molar-refractivity contribution in [2.24, 2.45) is 52.3 Å². The van der Waals surface area contributed by atoms with Gasteiger partial charge in [0.2, 0.25) is 5.91 Å². The highest BCUT2D eigenvalue weighted by molar-refractivity contribution is 8.15. The third-order valence-corrected chi connectivity index (χ3v) is 12.4. The lowest BCUT2D eigenvalue weighted by molar-refractivity contribution is -0.194. The molecule has 0 aromatic heterocycles. The summed E-state index contributed by atoms with van der Waals surface area (Å²) in [6.45, 7) is 9.72. The number of hydrogen-bond acceptors (Lipinski definition) is 4. The quantitative estimate of drug-likeness (QED) is 0.537. The summed E-state index contributed by atoms with van der Waals surface area (Å²) in [5, 5.41) is 13.9. The van der Waals surface area contributed by atoms with Crippen LogP contribution in [0.25, 0.3) is 0 Å². The van der Waals surface area contributed by atoms with Crippen LogP contribution in [-0.2, 0) is 4.79 Å². The molecule has 0 spiro atoms. The molecule has 5 aliphatic rings. The smallest absolute Gasteiger partial charge is 0.286 e. The van der Waals surface area contributed by atoms with Crippen molar-refractivity contribution in [2.45, 2.75) is 103 Å². The maximum Gasteiger partial charge on any atom is 0.286 e. The number of amides is 2. The van der Waals surface area contributed by atoms with Crippen molar-refractivity contribution >= 4 is 22.9 Å². The second-order valence-corrected chi connectivity index (χ2v) is 13.7. The molecular weight excluding hydrogens is 418 g/mol. The lowest BCUT2D eigenvalue weighted by Gasteiger charge is -2.64. The van der Waals surface area contributed by atoms with Crippen LogP contribution in [0.15, 0.2) is 0 Å².